The van der Waals surface area contributed by atoms with Crippen molar-refractivity contribution in [3.05, 3.63) is 58.9 Å². The topological polar surface area (TPSA) is 80.9 Å². The van der Waals surface area contributed by atoms with Crippen LogP contribution in [0, 0.1) is 6.92 Å². The molecule has 0 spiro atoms. The molecule has 3 heterocycles. The molecule has 0 bridgehead atoms. The largest absolute Gasteiger partial charge is 0.336 e. The monoisotopic (exact) mass is 378 g/mol. The van der Waals surface area contributed by atoms with Gasteiger partial charge in [0.2, 0.25) is 0 Å². The smallest absolute Gasteiger partial charge is 0.259 e. The number of pyridine rings is 1. The fourth-order valence-electron chi connectivity index (χ4n) is 2.85. The Hall–Kier alpha value is -3.06. The number of anilines is 1. The zero-order valence-corrected chi connectivity index (χ0v) is 16.0. The molecule has 1 amide bonds. The highest BCUT2D eigenvalue weighted by Gasteiger charge is 2.20. The van der Waals surface area contributed by atoms with E-state index >= 15 is 0 Å². The number of fused-ring (bicyclic) bond motifs is 1. The van der Waals surface area contributed by atoms with Crippen molar-refractivity contribution in [3.63, 3.8) is 0 Å². The van der Waals surface area contributed by atoms with Crippen molar-refractivity contribution in [2.24, 2.45) is 0 Å². The van der Waals surface area contributed by atoms with Gasteiger partial charge in [0.25, 0.3) is 11.6 Å². The maximum absolute atomic E-state index is 12.9. The summed E-state index contributed by atoms with van der Waals surface area (Å²) in [5.41, 5.74) is 4.09. The lowest BCUT2D eigenvalue weighted by molar-refractivity contribution is 0.102. The molecule has 0 aliphatic heterocycles. The second-order valence-corrected chi connectivity index (χ2v) is 7.46. The zero-order chi connectivity index (χ0) is 19.0. The number of nitrogens with one attached hydrogen (secondary N) is 1. The second-order valence-electron chi connectivity index (χ2n) is 6.57. The van der Waals surface area contributed by atoms with Gasteiger partial charge in [-0.05, 0) is 43.2 Å². The number of benzene rings is 1. The molecule has 1 N–H and O–H groups in total. The van der Waals surface area contributed by atoms with E-state index in [1.165, 1.54) is 0 Å². The first-order valence-electron chi connectivity index (χ1n) is 8.61. The number of carbonyl (C=O) groups excluding carboxylic acids is 1. The summed E-state index contributed by atoms with van der Waals surface area (Å²) in [6.45, 7) is 5.86. The van der Waals surface area contributed by atoms with E-state index in [9.17, 15) is 4.79 Å². The maximum Gasteiger partial charge on any atom is 0.259 e. The number of hydrogen-bond acceptors (Lipinski definition) is 6. The van der Waals surface area contributed by atoms with E-state index in [0.29, 0.717) is 28.0 Å². The Kier molecular flexibility index (Phi) is 4.45. The molecule has 7 heteroatoms. The predicted molar refractivity (Wildman–Crippen MR) is 106 cm³/mol. The van der Waals surface area contributed by atoms with Gasteiger partial charge in [-0.15, -0.1) is 11.3 Å². The third-order valence-electron chi connectivity index (χ3n) is 4.30. The van der Waals surface area contributed by atoms with Crippen molar-refractivity contribution in [2.45, 2.75) is 26.7 Å². The Bertz CT molecular complexity index is 1100. The molecule has 0 radical (unpaired) electrons. The minimum atomic E-state index is -0.211. The molecule has 0 saturated heterocycles. The summed E-state index contributed by atoms with van der Waals surface area (Å²) < 4.78 is 5.29. The number of amides is 1. The molecule has 0 fully saturated rings. The summed E-state index contributed by atoms with van der Waals surface area (Å²) in [4.78, 5) is 21.7. The van der Waals surface area contributed by atoms with Crippen molar-refractivity contribution in [1.29, 1.82) is 0 Å². The van der Waals surface area contributed by atoms with E-state index in [4.69, 9.17) is 4.52 Å². The van der Waals surface area contributed by atoms with Gasteiger partial charge in [0, 0.05) is 28.5 Å². The van der Waals surface area contributed by atoms with E-state index in [0.717, 1.165) is 16.3 Å². The number of rotatable bonds is 4. The summed E-state index contributed by atoms with van der Waals surface area (Å²) >= 11 is 1.58. The summed E-state index contributed by atoms with van der Waals surface area (Å²) in [5, 5.41) is 10.5. The quantitative estimate of drug-likeness (QED) is 0.539. The van der Waals surface area contributed by atoms with Crippen LogP contribution in [-0.2, 0) is 0 Å². The second kappa shape index (κ2) is 6.92. The van der Waals surface area contributed by atoms with Crippen molar-refractivity contribution >= 4 is 34.0 Å². The predicted octanol–water partition coefficient (Wildman–Crippen LogP) is 5.03. The molecule has 3 aromatic heterocycles. The maximum atomic E-state index is 12.9. The number of carbonyl (C=O) groups is 1. The third kappa shape index (κ3) is 3.33. The lowest BCUT2D eigenvalue weighted by Gasteiger charge is -2.10. The molecule has 0 aliphatic rings. The summed E-state index contributed by atoms with van der Waals surface area (Å²) in [6.07, 6.45) is 1.78. The van der Waals surface area contributed by atoms with E-state index in [2.05, 4.69) is 20.4 Å². The van der Waals surface area contributed by atoms with Gasteiger partial charge in [-0.25, -0.2) is 9.97 Å². The number of hydrogen-bond donors (Lipinski definition) is 1. The third-order valence-corrected chi connectivity index (χ3v) is 5.12. The fraction of sp³-hybridized carbons (Fsp3) is 0.200. The molecule has 1 aromatic carbocycles. The number of thiazole rings is 1. The zero-order valence-electron chi connectivity index (χ0n) is 15.2. The van der Waals surface area contributed by atoms with Gasteiger partial charge in [0.15, 0.2) is 0 Å². The molecule has 0 aliphatic carbocycles. The number of nitrogens with zero attached hydrogens (tertiary/aromatic N) is 3. The molecule has 136 valence electrons. The number of aryl methyl sites for hydroxylation is 1. The van der Waals surface area contributed by atoms with Gasteiger partial charge < -0.3 is 9.84 Å². The molecule has 27 heavy (non-hydrogen) atoms. The molecule has 0 saturated carbocycles. The first kappa shape index (κ1) is 17.4. The van der Waals surface area contributed by atoms with Gasteiger partial charge in [-0.1, -0.05) is 19.0 Å². The molecular formula is C20H18N4O2S. The molecule has 0 atom stereocenters. The van der Waals surface area contributed by atoms with Crippen LogP contribution >= 0.6 is 11.3 Å². The van der Waals surface area contributed by atoms with E-state index in [1.807, 2.05) is 56.5 Å². The van der Waals surface area contributed by atoms with Crippen LogP contribution in [-0.4, -0.2) is 21.0 Å². The van der Waals surface area contributed by atoms with Gasteiger partial charge in [-0.2, -0.15) is 0 Å². The van der Waals surface area contributed by atoms with Crippen molar-refractivity contribution in [3.8, 4) is 10.6 Å². The van der Waals surface area contributed by atoms with E-state index in [1.54, 1.807) is 17.5 Å². The van der Waals surface area contributed by atoms with Crippen LogP contribution in [0.15, 0.2) is 46.4 Å². The van der Waals surface area contributed by atoms with Crippen molar-refractivity contribution in [1.82, 2.24) is 15.1 Å². The highest BCUT2D eigenvalue weighted by Crippen LogP contribution is 2.27. The molecule has 4 rings (SSSR count). The highest BCUT2D eigenvalue weighted by atomic mass is 32.1. The number of aromatic nitrogens is 3. The van der Waals surface area contributed by atoms with Crippen LogP contribution in [0.4, 0.5) is 5.69 Å². The van der Waals surface area contributed by atoms with Crippen LogP contribution in [0.25, 0.3) is 21.7 Å². The Morgan fingerprint density at radius 1 is 1.22 bits per heavy atom. The first-order chi connectivity index (χ1) is 13.0. The Morgan fingerprint density at radius 3 is 2.67 bits per heavy atom. The van der Waals surface area contributed by atoms with Crippen molar-refractivity contribution < 1.29 is 9.32 Å². The SMILES string of the molecule is Cc1noc2nc(C(C)C)cc(C(=O)Nc3ccc(-c4nccs4)cc3)c12. The molecule has 0 unspecified atom stereocenters. The normalized spacial score (nSPS) is 11.3. The van der Waals surface area contributed by atoms with Crippen LogP contribution < -0.4 is 5.32 Å². The highest BCUT2D eigenvalue weighted by molar-refractivity contribution is 7.13. The summed E-state index contributed by atoms with van der Waals surface area (Å²) in [5.74, 6) is -0.0402. The Morgan fingerprint density at radius 2 is 2.00 bits per heavy atom. The lowest BCUT2D eigenvalue weighted by atomic mass is 10.0. The van der Waals surface area contributed by atoms with Crippen molar-refractivity contribution in [2.75, 3.05) is 5.32 Å². The van der Waals surface area contributed by atoms with Gasteiger partial charge in [0.1, 0.15) is 5.01 Å². The average Bonchev–Trinajstić information content (AvgIpc) is 3.32. The van der Waals surface area contributed by atoms with Gasteiger partial charge in [0.05, 0.1) is 16.6 Å². The minimum Gasteiger partial charge on any atom is -0.336 e. The Balaban J connectivity index is 1.66. The van der Waals surface area contributed by atoms with Crippen LogP contribution in [0.2, 0.25) is 0 Å². The average molecular weight is 378 g/mol. The molecular weight excluding hydrogens is 360 g/mol. The molecule has 6 nitrogen and oxygen atoms in total. The summed E-state index contributed by atoms with van der Waals surface area (Å²) in [7, 11) is 0. The van der Waals surface area contributed by atoms with E-state index < -0.39 is 0 Å². The van der Waals surface area contributed by atoms with Gasteiger partial charge in [-0.3, -0.25) is 4.79 Å². The minimum absolute atomic E-state index is 0.170. The Labute approximate surface area is 160 Å². The summed E-state index contributed by atoms with van der Waals surface area (Å²) in [6, 6.07) is 9.45. The lowest BCUT2D eigenvalue weighted by Crippen LogP contribution is -2.13. The van der Waals surface area contributed by atoms with E-state index in [-0.39, 0.29) is 11.8 Å². The standard InChI is InChI=1S/C20H18N4O2S/c1-11(2)16-10-15(17-12(3)24-26-19(17)23-16)18(25)22-14-6-4-13(5-7-14)20-21-8-9-27-20/h4-11H,1-3H3,(H,22,25). The van der Waals surface area contributed by atoms with Gasteiger partial charge >= 0.3 is 0 Å². The van der Waals surface area contributed by atoms with Crippen LogP contribution in [0.1, 0.15) is 41.5 Å². The van der Waals surface area contributed by atoms with Crippen LogP contribution in [0.3, 0.4) is 0 Å². The molecule has 4 aromatic rings. The van der Waals surface area contributed by atoms with Crippen LogP contribution in [0.5, 0.6) is 0 Å². The fourth-order valence-corrected chi connectivity index (χ4v) is 3.49. The first-order valence-corrected chi connectivity index (χ1v) is 9.49.